The summed E-state index contributed by atoms with van der Waals surface area (Å²) in [6.07, 6.45) is 5.05. The van der Waals surface area contributed by atoms with Crippen LogP contribution >= 0.6 is 0 Å². The van der Waals surface area contributed by atoms with Gasteiger partial charge in [-0.1, -0.05) is 6.07 Å². The summed E-state index contributed by atoms with van der Waals surface area (Å²) >= 11 is 0. The van der Waals surface area contributed by atoms with E-state index < -0.39 is 5.97 Å². The minimum atomic E-state index is -0.968. The summed E-state index contributed by atoms with van der Waals surface area (Å²) < 4.78 is 0. The Morgan fingerprint density at radius 1 is 1.28 bits per heavy atom. The number of aromatic carboxylic acids is 1. The van der Waals surface area contributed by atoms with Gasteiger partial charge in [0.05, 0.1) is 11.3 Å². The van der Waals surface area contributed by atoms with Crippen molar-refractivity contribution in [3.63, 3.8) is 0 Å². The number of hydrogen-bond acceptors (Lipinski definition) is 4. The number of carboxylic acids is 1. The zero-order valence-electron chi connectivity index (χ0n) is 9.58. The maximum atomic E-state index is 11.1. The molecule has 18 heavy (non-hydrogen) atoms. The molecule has 0 bridgehead atoms. The van der Waals surface area contributed by atoms with Crippen molar-refractivity contribution in [2.75, 3.05) is 0 Å². The minimum absolute atomic E-state index is 0.206. The van der Waals surface area contributed by atoms with Gasteiger partial charge in [0.2, 0.25) is 0 Å². The molecule has 0 amide bonds. The van der Waals surface area contributed by atoms with Crippen LogP contribution in [0.2, 0.25) is 0 Å². The molecule has 0 radical (unpaired) electrons. The van der Waals surface area contributed by atoms with Crippen LogP contribution in [0.1, 0.15) is 34.8 Å². The summed E-state index contributed by atoms with van der Waals surface area (Å²) in [5.41, 5.74) is 1.51. The second-order valence-corrected chi connectivity index (χ2v) is 4.29. The molecule has 5 heteroatoms. The SMILES string of the molecule is O=C(O)c1cnc(-c2ccccn2)nc1C1CC1. The van der Waals surface area contributed by atoms with Crippen LogP contribution in [0.5, 0.6) is 0 Å². The van der Waals surface area contributed by atoms with Crippen LogP contribution in [0, 0.1) is 0 Å². The Bertz CT molecular complexity index is 594. The van der Waals surface area contributed by atoms with Gasteiger partial charge >= 0.3 is 5.97 Å². The standard InChI is InChI=1S/C13H11N3O2/c17-13(18)9-7-15-12(10-3-1-2-6-14-10)16-11(9)8-4-5-8/h1-3,6-8H,4-5H2,(H,17,18). The van der Waals surface area contributed by atoms with Crippen molar-refractivity contribution in [1.29, 1.82) is 0 Å². The van der Waals surface area contributed by atoms with E-state index in [1.165, 1.54) is 6.20 Å². The number of aromatic nitrogens is 3. The van der Waals surface area contributed by atoms with Crippen molar-refractivity contribution in [3.05, 3.63) is 41.9 Å². The second-order valence-electron chi connectivity index (χ2n) is 4.29. The zero-order valence-corrected chi connectivity index (χ0v) is 9.58. The fraction of sp³-hybridized carbons (Fsp3) is 0.231. The average Bonchev–Trinajstić information content (AvgIpc) is 3.23. The molecule has 2 aromatic heterocycles. The Kier molecular flexibility index (Phi) is 2.51. The normalized spacial score (nSPS) is 14.4. The number of hydrogen-bond donors (Lipinski definition) is 1. The maximum absolute atomic E-state index is 11.1. The lowest BCUT2D eigenvalue weighted by Crippen LogP contribution is -2.07. The van der Waals surface area contributed by atoms with Gasteiger partial charge in [-0.25, -0.2) is 14.8 Å². The van der Waals surface area contributed by atoms with Crippen LogP contribution < -0.4 is 0 Å². The molecule has 1 saturated carbocycles. The van der Waals surface area contributed by atoms with E-state index >= 15 is 0 Å². The lowest BCUT2D eigenvalue weighted by molar-refractivity contribution is 0.0694. The molecule has 0 atom stereocenters. The van der Waals surface area contributed by atoms with Gasteiger partial charge in [-0.2, -0.15) is 0 Å². The zero-order chi connectivity index (χ0) is 12.5. The molecule has 1 aliphatic carbocycles. The number of nitrogens with zero attached hydrogens (tertiary/aromatic N) is 3. The number of pyridine rings is 1. The van der Waals surface area contributed by atoms with Gasteiger partial charge in [-0.15, -0.1) is 0 Å². The summed E-state index contributed by atoms with van der Waals surface area (Å²) in [7, 11) is 0. The van der Waals surface area contributed by atoms with E-state index in [9.17, 15) is 4.79 Å². The van der Waals surface area contributed by atoms with Crippen LogP contribution in [0.3, 0.4) is 0 Å². The van der Waals surface area contributed by atoms with Crippen LogP contribution in [0.15, 0.2) is 30.6 Å². The molecule has 1 N–H and O–H groups in total. The Morgan fingerprint density at radius 2 is 2.11 bits per heavy atom. The quantitative estimate of drug-likeness (QED) is 0.890. The first-order valence-electron chi connectivity index (χ1n) is 5.77. The fourth-order valence-corrected chi connectivity index (χ4v) is 1.85. The molecule has 2 aromatic rings. The van der Waals surface area contributed by atoms with E-state index in [4.69, 9.17) is 5.11 Å². The third-order valence-corrected chi connectivity index (χ3v) is 2.91. The van der Waals surface area contributed by atoms with Crippen molar-refractivity contribution in [1.82, 2.24) is 15.0 Å². The van der Waals surface area contributed by atoms with Crippen LogP contribution in [0.25, 0.3) is 11.5 Å². The minimum Gasteiger partial charge on any atom is -0.478 e. The number of carbonyl (C=O) groups is 1. The lowest BCUT2D eigenvalue weighted by atomic mass is 10.1. The van der Waals surface area contributed by atoms with E-state index in [0.717, 1.165) is 12.8 Å². The van der Waals surface area contributed by atoms with Crippen LogP contribution in [-0.4, -0.2) is 26.0 Å². The number of rotatable bonds is 3. The number of carboxylic acid groups (broad SMARTS) is 1. The molecule has 90 valence electrons. The molecule has 0 aliphatic heterocycles. The van der Waals surface area contributed by atoms with Crippen molar-refractivity contribution in [2.24, 2.45) is 0 Å². The summed E-state index contributed by atoms with van der Waals surface area (Å²) in [6, 6.07) is 5.48. The first-order valence-corrected chi connectivity index (χ1v) is 5.77. The van der Waals surface area contributed by atoms with Crippen molar-refractivity contribution in [2.45, 2.75) is 18.8 Å². The summed E-state index contributed by atoms with van der Waals surface area (Å²) in [6.45, 7) is 0. The highest BCUT2D eigenvalue weighted by Gasteiger charge is 2.30. The molecule has 2 heterocycles. The monoisotopic (exact) mass is 241 g/mol. The molecule has 3 rings (SSSR count). The molecule has 1 fully saturated rings. The van der Waals surface area contributed by atoms with Gasteiger partial charge in [-0.3, -0.25) is 4.98 Å². The Hall–Kier alpha value is -2.30. The van der Waals surface area contributed by atoms with Crippen molar-refractivity contribution < 1.29 is 9.90 Å². The Labute approximate surface area is 104 Å². The molecular weight excluding hydrogens is 230 g/mol. The van der Waals surface area contributed by atoms with Gasteiger partial charge < -0.3 is 5.11 Å². The lowest BCUT2D eigenvalue weighted by Gasteiger charge is -2.05. The van der Waals surface area contributed by atoms with Gasteiger partial charge in [0, 0.05) is 18.3 Å². The Balaban J connectivity index is 2.08. The largest absolute Gasteiger partial charge is 0.478 e. The van der Waals surface area contributed by atoms with Gasteiger partial charge in [0.1, 0.15) is 5.69 Å². The van der Waals surface area contributed by atoms with E-state index in [0.29, 0.717) is 17.2 Å². The van der Waals surface area contributed by atoms with E-state index in [1.54, 1.807) is 6.20 Å². The maximum Gasteiger partial charge on any atom is 0.339 e. The molecule has 0 spiro atoms. The van der Waals surface area contributed by atoms with Crippen LogP contribution in [0.4, 0.5) is 0 Å². The molecule has 5 nitrogen and oxygen atoms in total. The third-order valence-electron chi connectivity index (χ3n) is 2.91. The van der Waals surface area contributed by atoms with Gasteiger partial charge in [0.25, 0.3) is 0 Å². The predicted molar refractivity (Wildman–Crippen MR) is 64.2 cm³/mol. The predicted octanol–water partition coefficient (Wildman–Crippen LogP) is 2.11. The van der Waals surface area contributed by atoms with E-state index in [2.05, 4.69) is 15.0 Å². The Morgan fingerprint density at radius 3 is 2.72 bits per heavy atom. The van der Waals surface area contributed by atoms with Crippen molar-refractivity contribution in [3.8, 4) is 11.5 Å². The van der Waals surface area contributed by atoms with Gasteiger partial charge in [0.15, 0.2) is 5.82 Å². The molecular formula is C13H11N3O2. The smallest absolute Gasteiger partial charge is 0.339 e. The topological polar surface area (TPSA) is 76.0 Å². The highest BCUT2D eigenvalue weighted by molar-refractivity contribution is 5.89. The average molecular weight is 241 g/mol. The first kappa shape index (κ1) is 10.8. The van der Waals surface area contributed by atoms with E-state index in [1.807, 2.05) is 18.2 Å². The second kappa shape index (κ2) is 4.18. The summed E-state index contributed by atoms with van der Waals surface area (Å²) in [5.74, 6) is -0.214. The third kappa shape index (κ3) is 1.95. The highest BCUT2D eigenvalue weighted by Crippen LogP contribution is 2.40. The van der Waals surface area contributed by atoms with E-state index in [-0.39, 0.29) is 11.5 Å². The van der Waals surface area contributed by atoms with Crippen molar-refractivity contribution >= 4 is 5.97 Å². The van der Waals surface area contributed by atoms with Gasteiger partial charge in [-0.05, 0) is 25.0 Å². The summed E-state index contributed by atoms with van der Waals surface area (Å²) in [4.78, 5) is 23.7. The first-order chi connectivity index (χ1) is 8.75. The molecule has 0 unspecified atom stereocenters. The highest BCUT2D eigenvalue weighted by atomic mass is 16.4. The van der Waals surface area contributed by atoms with Crippen LogP contribution in [-0.2, 0) is 0 Å². The fourth-order valence-electron chi connectivity index (χ4n) is 1.85. The molecule has 0 aromatic carbocycles. The molecule has 1 aliphatic rings. The molecule has 0 saturated heterocycles. The summed E-state index contributed by atoms with van der Waals surface area (Å²) in [5, 5.41) is 9.11.